The fourth-order valence-corrected chi connectivity index (χ4v) is 8.93. The van der Waals surface area contributed by atoms with Crippen molar-refractivity contribution in [2.24, 2.45) is 0 Å². The molecule has 11 rings (SSSR count). The number of benzene rings is 6. The summed E-state index contributed by atoms with van der Waals surface area (Å²) in [6.07, 6.45) is 5.55. The molecular formula is C62H58IrN8OPt-8. The number of nitrogens with zero attached hydrogens (tertiary/aromatic N) is 8. The summed E-state index contributed by atoms with van der Waals surface area (Å²) in [4.78, 5) is 22.1. The second-order valence-electron chi connectivity index (χ2n) is 20.0. The van der Waals surface area contributed by atoms with Crippen LogP contribution in [-0.2, 0) is 52.0 Å². The van der Waals surface area contributed by atoms with Crippen LogP contribution in [-0.4, -0.2) is 30.1 Å². The molecule has 11 heteroatoms. The van der Waals surface area contributed by atoms with Gasteiger partial charge in [0.25, 0.3) is 0 Å². The van der Waals surface area contributed by atoms with Crippen molar-refractivity contribution in [1.29, 1.82) is 0 Å². The average molecular weight is 1320 g/mol. The Morgan fingerprint density at radius 2 is 0.973 bits per heavy atom. The predicted molar refractivity (Wildman–Crippen MR) is 289 cm³/mol. The van der Waals surface area contributed by atoms with E-state index < -0.39 is 0 Å². The van der Waals surface area contributed by atoms with E-state index in [0.717, 1.165) is 54.4 Å². The van der Waals surface area contributed by atoms with Gasteiger partial charge in [0, 0.05) is 86.8 Å². The zero-order chi connectivity index (χ0) is 49.1. The minimum atomic E-state index is 0. The van der Waals surface area contributed by atoms with Gasteiger partial charge in [0.1, 0.15) is 0 Å². The third-order valence-electron chi connectivity index (χ3n) is 12.8. The summed E-state index contributed by atoms with van der Waals surface area (Å²) < 4.78 is 6.01. The summed E-state index contributed by atoms with van der Waals surface area (Å²) in [7, 11) is 2.03. The molecule has 3 aliphatic rings. The van der Waals surface area contributed by atoms with Gasteiger partial charge in [-0.2, -0.15) is 85.7 Å². The smallest absolute Gasteiger partial charge is 0.0326 e. The molecule has 0 amide bonds. The van der Waals surface area contributed by atoms with Gasteiger partial charge in [0.2, 0.25) is 0 Å². The second-order valence-corrected chi connectivity index (χ2v) is 20.0. The first-order chi connectivity index (χ1) is 34.4. The quantitative estimate of drug-likeness (QED) is 0.0931. The maximum Gasteiger partial charge on any atom is 0.0326 e. The first kappa shape index (κ1) is 52.9. The van der Waals surface area contributed by atoms with E-state index in [1.165, 1.54) is 33.9 Å². The van der Waals surface area contributed by atoms with Crippen molar-refractivity contribution in [3.63, 3.8) is 0 Å². The first-order valence-electron chi connectivity index (χ1n) is 24.3. The van der Waals surface area contributed by atoms with E-state index in [0.29, 0.717) is 22.9 Å². The molecule has 0 saturated heterocycles. The minimum absolute atomic E-state index is 0. The summed E-state index contributed by atoms with van der Waals surface area (Å²) in [5.41, 5.74) is 14.3. The van der Waals surface area contributed by atoms with E-state index in [2.05, 4.69) is 222 Å². The number of fused-ring (bicyclic) bond motifs is 3. The summed E-state index contributed by atoms with van der Waals surface area (Å²) in [5.74, 6) is 1.15. The van der Waals surface area contributed by atoms with Crippen LogP contribution in [0.25, 0.3) is 11.4 Å². The Morgan fingerprint density at radius 3 is 1.48 bits per heavy atom. The molecule has 0 aliphatic carbocycles. The van der Waals surface area contributed by atoms with Crippen molar-refractivity contribution in [2.75, 3.05) is 49.5 Å². The predicted octanol–water partition coefficient (Wildman–Crippen LogP) is 14.6. The number of para-hydroxylation sites is 6. The van der Waals surface area contributed by atoms with Gasteiger partial charge in [0.05, 0.1) is 0 Å². The van der Waals surface area contributed by atoms with Crippen LogP contribution in [0, 0.1) is 50.3 Å². The van der Waals surface area contributed by atoms with Crippen LogP contribution in [0.2, 0.25) is 0 Å². The molecule has 8 aromatic rings. The number of hydrogen-bond acceptors (Lipinski definition) is 9. The molecule has 73 heavy (non-hydrogen) atoms. The molecule has 0 N–H and O–H groups in total. The maximum absolute atomic E-state index is 6.01. The number of unbranched alkanes of at least 4 members (excludes halogenated alkanes) is 1. The zero-order valence-corrected chi connectivity index (χ0v) is 46.9. The summed E-state index contributed by atoms with van der Waals surface area (Å²) in [6, 6.07) is 66.5. The average Bonchev–Trinajstić information content (AvgIpc) is 4.07. The molecule has 0 atom stereocenters. The minimum Gasteiger partial charge on any atom is -0.510 e. The molecule has 5 heterocycles. The van der Waals surface area contributed by atoms with Crippen molar-refractivity contribution < 1.29 is 45.9 Å². The van der Waals surface area contributed by atoms with Crippen molar-refractivity contribution in [3.05, 3.63) is 219 Å². The zero-order valence-electron chi connectivity index (χ0n) is 42.2. The monoisotopic (exact) mass is 1320 g/mol. The molecule has 0 saturated carbocycles. The van der Waals surface area contributed by atoms with Crippen molar-refractivity contribution in [3.8, 4) is 22.9 Å². The molecule has 0 fully saturated rings. The fraction of sp³-hybridized carbons (Fsp3) is 0.210. The van der Waals surface area contributed by atoms with E-state index in [9.17, 15) is 0 Å². The van der Waals surface area contributed by atoms with Crippen LogP contribution in [0.3, 0.4) is 0 Å². The Kier molecular flexibility index (Phi) is 16.5. The fourth-order valence-electron chi connectivity index (χ4n) is 8.93. The molecule has 6 aromatic carbocycles. The molecular weight excluding hydrogens is 1260 g/mol. The number of pyridine rings is 2. The summed E-state index contributed by atoms with van der Waals surface area (Å²) in [6.45, 7) is 21.9. The van der Waals surface area contributed by atoms with Crippen LogP contribution >= 0.6 is 0 Å². The van der Waals surface area contributed by atoms with Gasteiger partial charge in [-0.15, -0.1) is 70.9 Å². The molecule has 379 valence electrons. The SMILES string of the molecule is CC(C)(C)c1c[c-]c(N2[CH-]N(CCCCN3[CH-]N(c4[c-]cc(C(C)(C)C)cc4)c4ccccc43)c3ccccc32)cc1.CN1[CH-]N(c2[c-]c(Oc3[c-]c(-c4[c-]cccn4)ncc3)ccc2)c2ccccc21.[Ir].[Pt]. The van der Waals surface area contributed by atoms with Gasteiger partial charge in [0.15, 0.2) is 0 Å². The number of hydrogen-bond donors (Lipinski definition) is 0. The number of rotatable bonds is 11. The normalized spacial score (nSPS) is 13.6. The van der Waals surface area contributed by atoms with E-state index in [4.69, 9.17) is 4.74 Å². The number of aromatic nitrogens is 2. The van der Waals surface area contributed by atoms with Crippen LogP contribution in [0.15, 0.2) is 158 Å². The Labute approximate surface area is 461 Å². The van der Waals surface area contributed by atoms with Gasteiger partial charge >= 0.3 is 0 Å². The summed E-state index contributed by atoms with van der Waals surface area (Å²) in [5, 5.41) is 0. The van der Waals surface area contributed by atoms with Gasteiger partial charge in [-0.25, -0.2) is 6.07 Å². The third-order valence-corrected chi connectivity index (χ3v) is 12.8. The Hall–Kier alpha value is -6.44. The van der Waals surface area contributed by atoms with E-state index in [1.807, 2.05) is 50.1 Å². The van der Waals surface area contributed by atoms with E-state index in [1.54, 1.807) is 24.5 Å². The Balaban J connectivity index is 0.000000201. The molecule has 0 unspecified atom stereocenters. The molecule has 1 radical (unpaired) electrons. The molecule has 2 aromatic heterocycles. The molecule has 3 aliphatic heterocycles. The van der Waals surface area contributed by atoms with Crippen LogP contribution in [0.5, 0.6) is 11.5 Å². The van der Waals surface area contributed by atoms with Crippen LogP contribution in [0.4, 0.5) is 51.2 Å². The Morgan fingerprint density at radius 1 is 0.479 bits per heavy atom. The molecule has 0 spiro atoms. The largest absolute Gasteiger partial charge is 0.510 e. The summed E-state index contributed by atoms with van der Waals surface area (Å²) >= 11 is 0. The number of ether oxygens (including phenoxy) is 1. The standard InChI is InChI=1S/C38H42N4.C24H16N4O.Ir.Pt/c1-37(2,3)29-17-21-31(22-18-29)41-27-39(33-13-7-9-15-35(33)41)25-11-12-26-40-28-42(36-16-10-8-14-34(36)40)32-23-19-30(20-24-32)38(4,5)6;1-27-17-28(24-11-3-2-10-23(24)27)18-7-6-8-19(15-18)29-20-12-14-26-22(16-20)21-9-4-5-13-25-21;;/h7-10,13-21,23,27-28H,11-12,25-26H2,1-6H3;2-8,10-14,17H,1H3;;/q2*-4;;. The maximum atomic E-state index is 6.01. The molecule has 9 nitrogen and oxygen atoms in total. The van der Waals surface area contributed by atoms with Gasteiger partial charge in [-0.05, 0) is 81.8 Å². The van der Waals surface area contributed by atoms with E-state index >= 15 is 0 Å². The van der Waals surface area contributed by atoms with Gasteiger partial charge in [-0.1, -0.05) is 88.8 Å². The van der Waals surface area contributed by atoms with Crippen molar-refractivity contribution in [2.45, 2.75) is 65.2 Å². The van der Waals surface area contributed by atoms with E-state index in [-0.39, 0.29) is 52.0 Å². The van der Waals surface area contributed by atoms with Crippen molar-refractivity contribution in [1.82, 2.24) is 9.97 Å². The topological polar surface area (TPSA) is 54.5 Å². The molecule has 0 bridgehead atoms. The second kappa shape index (κ2) is 22.8. The third kappa shape index (κ3) is 11.8. The van der Waals surface area contributed by atoms with Gasteiger partial charge in [-0.3, -0.25) is 0 Å². The van der Waals surface area contributed by atoms with Crippen molar-refractivity contribution >= 4 is 51.2 Å². The van der Waals surface area contributed by atoms with Gasteiger partial charge < -0.3 is 44.1 Å². The van der Waals surface area contributed by atoms with Crippen LogP contribution < -0.4 is 34.1 Å². The number of anilines is 9. The first-order valence-corrected chi connectivity index (χ1v) is 24.3. The van der Waals surface area contributed by atoms with Crippen LogP contribution in [0.1, 0.15) is 65.5 Å². The Bertz CT molecular complexity index is 2970.